The number of hydrogen-bond acceptors (Lipinski definition) is 5. The van der Waals surface area contributed by atoms with Crippen molar-refractivity contribution < 1.29 is 4.74 Å². The van der Waals surface area contributed by atoms with Crippen molar-refractivity contribution in [2.24, 2.45) is 0 Å². The molecule has 0 amide bonds. The molecule has 0 saturated heterocycles. The van der Waals surface area contributed by atoms with Crippen LogP contribution in [0.2, 0.25) is 0 Å². The van der Waals surface area contributed by atoms with Gasteiger partial charge in [-0.2, -0.15) is 0 Å². The summed E-state index contributed by atoms with van der Waals surface area (Å²) in [6, 6.07) is 18.3. The maximum Gasteiger partial charge on any atom is 0.171 e. The molecule has 7 heteroatoms. The zero-order chi connectivity index (χ0) is 17.3. The normalized spacial score (nSPS) is 14.0. The molecule has 4 aromatic rings. The number of fused-ring (bicyclic) bond motifs is 1. The van der Waals surface area contributed by atoms with E-state index >= 15 is 0 Å². The first kappa shape index (κ1) is 15.1. The number of hydrogen-bond donors (Lipinski definition) is 0. The monoisotopic (exact) mass is 346 g/mol. The highest BCUT2D eigenvalue weighted by Gasteiger charge is 2.28. The number of tetrazole rings is 1. The molecule has 0 unspecified atom stereocenters. The summed E-state index contributed by atoms with van der Waals surface area (Å²) in [5, 5.41) is 12.2. The Labute approximate surface area is 150 Å². The number of benzene rings is 2. The SMILES string of the molecule is c1ccc(OCc2nc3ccccc3n2Cc2nnnn2C2CC2)cc1. The van der Waals surface area contributed by atoms with E-state index in [0.29, 0.717) is 19.2 Å². The van der Waals surface area contributed by atoms with Crippen LogP contribution in [0.25, 0.3) is 11.0 Å². The Balaban J connectivity index is 1.49. The number of imidazole rings is 1. The van der Waals surface area contributed by atoms with E-state index in [1.54, 1.807) is 0 Å². The second kappa shape index (κ2) is 6.25. The largest absolute Gasteiger partial charge is 0.486 e. The van der Waals surface area contributed by atoms with E-state index in [1.807, 2.05) is 53.2 Å². The third-order valence-electron chi connectivity index (χ3n) is 4.60. The Kier molecular flexibility index (Phi) is 3.62. The maximum atomic E-state index is 5.93. The summed E-state index contributed by atoms with van der Waals surface area (Å²) in [5.74, 6) is 2.55. The van der Waals surface area contributed by atoms with Gasteiger partial charge in [0.15, 0.2) is 5.82 Å². The molecule has 130 valence electrons. The smallest absolute Gasteiger partial charge is 0.171 e. The lowest BCUT2D eigenvalue weighted by Crippen LogP contribution is -2.13. The van der Waals surface area contributed by atoms with Gasteiger partial charge in [-0.1, -0.05) is 30.3 Å². The molecule has 1 aliphatic rings. The topological polar surface area (TPSA) is 70.7 Å². The molecule has 2 aromatic carbocycles. The van der Waals surface area contributed by atoms with Crippen LogP contribution in [0.1, 0.15) is 30.5 Å². The van der Waals surface area contributed by atoms with Crippen LogP contribution in [0.15, 0.2) is 54.6 Å². The Morgan fingerprint density at radius 3 is 2.62 bits per heavy atom. The second-order valence-electron chi connectivity index (χ2n) is 6.48. The van der Waals surface area contributed by atoms with Crippen LogP contribution in [-0.4, -0.2) is 29.8 Å². The third-order valence-corrected chi connectivity index (χ3v) is 4.60. The predicted molar refractivity (Wildman–Crippen MR) is 95.7 cm³/mol. The van der Waals surface area contributed by atoms with Crippen LogP contribution in [0, 0.1) is 0 Å². The predicted octanol–water partition coefficient (Wildman–Crippen LogP) is 2.99. The maximum absolute atomic E-state index is 5.93. The van der Waals surface area contributed by atoms with Crippen molar-refractivity contribution >= 4 is 11.0 Å². The van der Waals surface area contributed by atoms with Gasteiger partial charge in [-0.25, -0.2) is 9.67 Å². The van der Waals surface area contributed by atoms with E-state index in [9.17, 15) is 0 Å². The van der Waals surface area contributed by atoms with Crippen LogP contribution < -0.4 is 4.74 Å². The van der Waals surface area contributed by atoms with Gasteiger partial charge in [0, 0.05) is 0 Å². The summed E-state index contributed by atoms with van der Waals surface area (Å²) in [5.41, 5.74) is 2.01. The van der Waals surface area contributed by atoms with Gasteiger partial charge in [-0.15, -0.1) is 5.10 Å². The summed E-state index contributed by atoms with van der Waals surface area (Å²) in [6.07, 6.45) is 2.29. The molecule has 2 heterocycles. The van der Waals surface area contributed by atoms with Gasteiger partial charge in [0.25, 0.3) is 0 Å². The van der Waals surface area contributed by atoms with Crippen molar-refractivity contribution in [1.29, 1.82) is 0 Å². The molecule has 5 rings (SSSR count). The highest BCUT2D eigenvalue weighted by Crippen LogP contribution is 2.34. The molecule has 0 N–H and O–H groups in total. The van der Waals surface area contributed by atoms with Gasteiger partial charge in [-0.3, -0.25) is 0 Å². The van der Waals surface area contributed by atoms with Crippen molar-refractivity contribution in [2.45, 2.75) is 32.0 Å². The third kappa shape index (κ3) is 2.81. The first-order chi connectivity index (χ1) is 12.9. The highest BCUT2D eigenvalue weighted by molar-refractivity contribution is 5.76. The minimum atomic E-state index is 0.393. The molecule has 7 nitrogen and oxygen atoms in total. The van der Waals surface area contributed by atoms with E-state index in [0.717, 1.165) is 41.3 Å². The molecule has 1 fully saturated rings. The minimum Gasteiger partial charge on any atom is -0.486 e. The number of aromatic nitrogens is 6. The van der Waals surface area contributed by atoms with Crippen LogP contribution in [0.5, 0.6) is 5.75 Å². The zero-order valence-electron chi connectivity index (χ0n) is 14.2. The van der Waals surface area contributed by atoms with Crippen LogP contribution in [0.4, 0.5) is 0 Å². The van der Waals surface area contributed by atoms with Crippen LogP contribution in [0.3, 0.4) is 0 Å². The van der Waals surface area contributed by atoms with E-state index in [4.69, 9.17) is 9.72 Å². The van der Waals surface area contributed by atoms with Crippen molar-refractivity contribution in [3.05, 3.63) is 66.2 Å². The average Bonchev–Trinajstić information content (AvgIpc) is 3.33. The highest BCUT2D eigenvalue weighted by atomic mass is 16.5. The second-order valence-corrected chi connectivity index (χ2v) is 6.48. The van der Waals surface area contributed by atoms with Gasteiger partial charge in [0.1, 0.15) is 18.2 Å². The summed E-state index contributed by atoms with van der Waals surface area (Å²) >= 11 is 0. The number of nitrogens with zero attached hydrogens (tertiary/aromatic N) is 6. The van der Waals surface area contributed by atoms with Gasteiger partial charge in [0.05, 0.1) is 23.6 Å². The molecule has 26 heavy (non-hydrogen) atoms. The molecule has 0 aliphatic heterocycles. The summed E-state index contributed by atoms with van der Waals surface area (Å²) in [7, 11) is 0. The zero-order valence-corrected chi connectivity index (χ0v) is 14.2. The molecule has 2 aromatic heterocycles. The van der Waals surface area contributed by atoms with Gasteiger partial charge >= 0.3 is 0 Å². The first-order valence-corrected chi connectivity index (χ1v) is 8.77. The minimum absolute atomic E-state index is 0.393. The van der Waals surface area contributed by atoms with Crippen LogP contribution in [-0.2, 0) is 13.2 Å². The first-order valence-electron chi connectivity index (χ1n) is 8.77. The molecular weight excluding hydrogens is 328 g/mol. The summed E-state index contributed by atoms with van der Waals surface area (Å²) < 4.78 is 10.0. The number of rotatable bonds is 6. The number of ether oxygens (including phenoxy) is 1. The molecule has 0 atom stereocenters. The fourth-order valence-electron chi connectivity index (χ4n) is 3.14. The Morgan fingerprint density at radius 2 is 1.77 bits per heavy atom. The van der Waals surface area contributed by atoms with E-state index in [1.165, 1.54) is 0 Å². The van der Waals surface area contributed by atoms with Crippen LogP contribution >= 0.6 is 0 Å². The van der Waals surface area contributed by atoms with Gasteiger partial charge < -0.3 is 9.30 Å². The summed E-state index contributed by atoms with van der Waals surface area (Å²) in [6.45, 7) is 0.973. The van der Waals surface area contributed by atoms with Crippen molar-refractivity contribution in [1.82, 2.24) is 29.8 Å². The van der Waals surface area contributed by atoms with Crippen molar-refractivity contribution in [3.63, 3.8) is 0 Å². The Morgan fingerprint density at radius 1 is 0.962 bits per heavy atom. The average molecular weight is 346 g/mol. The molecular formula is C19H18N6O. The van der Waals surface area contributed by atoms with Gasteiger partial charge in [-0.05, 0) is 47.5 Å². The fourth-order valence-corrected chi connectivity index (χ4v) is 3.14. The van der Waals surface area contributed by atoms with Gasteiger partial charge in [0.2, 0.25) is 0 Å². The molecule has 0 radical (unpaired) electrons. The lowest BCUT2D eigenvalue weighted by atomic mass is 10.3. The van der Waals surface area contributed by atoms with Crippen molar-refractivity contribution in [3.8, 4) is 5.75 Å². The fraction of sp³-hybridized carbons (Fsp3) is 0.263. The lowest BCUT2D eigenvalue weighted by molar-refractivity contribution is 0.291. The standard InChI is InChI=1S/C19H18N6O/c1-2-6-15(7-3-1)26-13-19-20-16-8-4-5-9-17(16)24(19)12-18-21-22-23-25(18)14-10-11-14/h1-9,14H,10-13H2. The molecule has 0 bridgehead atoms. The molecule has 1 saturated carbocycles. The quantitative estimate of drug-likeness (QED) is 0.537. The van der Waals surface area contributed by atoms with E-state index < -0.39 is 0 Å². The Bertz CT molecular complexity index is 1030. The summed E-state index contributed by atoms with van der Waals surface area (Å²) in [4.78, 5) is 4.76. The van der Waals surface area contributed by atoms with E-state index in [2.05, 4.69) is 26.2 Å². The van der Waals surface area contributed by atoms with E-state index in [-0.39, 0.29) is 0 Å². The molecule has 0 spiro atoms. The molecule has 1 aliphatic carbocycles. The Hall–Kier alpha value is -3.22. The van der Waals surface area contributed by atoms with Crippen molar-refractivity contribution in [2.75, 3.05) is 0 Å². The number of para-hydroxylation sites is 3. The lowest BCUT2D eigenvalue weighted by Gasteiger charge is -2.10.